The fraction of sp³-hybridized carbons (Fsp3) is 0.800. The third-order valence-electron chi connectivity index (χ3n) is 3.44. The molecule has 1 aromatic rings. The van der Waals surface area contributed by atoms with Gasteiger partial charge < -0.3 is 9.38 Å². The number of hydrogen-bond donors (Lipinski definition) is 0. The van der Waals surface area contributed by atoms with Gasteiger partial charge >= 0.3 is 0 Å². The Hall–Kier alpha value is -0.835. The van der Waals surface area contributed by atoms with Crippen LogP contribution in [-0.2, 0) is 7.05 Å². The fourth-order valence-electron chi connectivity index (χ4n) is 2.33. The molecule has 1 aromatic heterocycles. The van der Waals surface area contributed by atoms with Crippen LogP contribution in [-0.4, -0.2) is 40.1 Å². The van der Waals surface area contributed by atoms with Crippen molar-refractivity contribution in [2.24, 2.45) is 7.05 Å². The maximum atomic E-state index is 4.29. The van der Waals surface area contributed by atoms with E-state index in [1.807, 2.05) is 6.92 Å². The summed E-state index contributed by atoms with van der Waals surface area (Å²) in [5.41, 5.74) is 0. The highest BCUT2D eigenvalue weighted by Crippen LogP contribution is 2.24. The molecule has 0 aliphatic carbocycles. The van der Waals surface area contributed by atoms with E-state index in [0.717, 1.165) is 25.6 Å². The lowest BCUT2D eigenvalue weighted by Crippen LogP contribution is -2.36. The molecule has 15 heavy (non-hydrogen) atoms. The minimum absolute atomic E-state index is 0.574. The van der Waals surface area contributed by atoms with Crippen LogP contribution in [0.2, 0.25) is 6.82 Å². The van der Waals surface area contributed by atoms with Gasteiger partial charge in [-0.15, -0.1) is 10.2 Å². The number of piperidine rings is 1. The van der Waals surface area contributed by atoms with Crippen LogP contribution in [0.25, 0.3) is 0 Å². The number of aromatic nitrogens is 3. The molecule has 1 saturated heterocycles. The van der Waals surface area contributed by atoms with E-state index < -0.39 is 0 Å². The van der Waals surface area contributed by atoms with E-state index in [2.05, 4.69) is 33.4 Å². The van der Waals surface area contributed by atoms with E-state index in [0.29, 0.717) is 5.92 Å². The third kappa shape index (κ3) is 2.07. The van der Waals surface area contributed by atoms with Crippen molar-refractivity contribution >= 4 is 7.41 Å². The molecule has 0 radical (unpaired) electrons. The van der Waals surface area contributed by atoms with E-state index >= 15 is 0 Å². The summed E-state index contributed by atoms with van der Waals surface area (Å²) >= 11 is 0. The van der Waals surface area contributed by atoms with E-state index in [1.54, 1.807) is 0 Å². The molecule has 0 N–H and O–H groups in total. The normalized spacial score (nSPS) is 23.0. The monoisotopic (exact) mass is 206 g/mol. The predicted molar refractivity (Wildman–Crippen MR) is 62.3 cm³/mol. The van der Waals surface area contributed by atoms with Gasteiger partial charge in [0, 0.05) is 13.0 Å². The smallest absolute Gasteiger partial charge is 0.201 e. The van der Waals surface area contributed by atoms with Gasteiger partial charge in [0.05, 0.1) is 0 Å². The van der Waals surface area contributed by atoms with Crippen LogP contribution in [0.3, 0.4) is 0 Å². The highest BCUT2D eigenvalue weighted by atomic mass is 15.3. The lowest BCUT2D eigenvalue weighted by atomic mass is 9.87. The van der Waals surface area contributed by atoms with Crippen molar-refractivity contribution in [2.45, 2.75) is 32.5 Å². The van der Waals surface area contributed by atoms with Crippen molar-refractivity contribution in [2.75, 3.05) is 13.1 Å². The fourth-order valence-corrected chi connectivity index (χ4v) is 2.33. The largest absolute Gasteiger partial charge is 0.345 e. The summed E-state index contributed by atoms with van der Waals surface area (Å²) in [5.74, 6) is 2.74. The summed E-state index contributed by atoms with van der Waals surface area (Å²) in [4.78, 5) is 2.50. The number of rotatable bonds is 2. The van der Waals surface area contributed by atoms with Gasteiger partial charge in [-0.3, -0.25) is 0 Å². The van der Waals surface area contributed by atoms with Crippen molar-refractivity contribution in [1.29, 1.82) is 0 Å². The van der Waals surface area contributed by atoms with Crippen LogP contribution in [0, 0.1) is 6.92 Å². The van der Waals surface area contributed by atoms with E-state index in [4.69, 9.17) is 0 Å². The van der Waals surface area contributed by atoms with Crippen molar-refractivity contribution in [3.63, 3.8) is 0 Å². The molecule has 0 amide bonds. The summed E-state index contributed by atoms with van der Waals surface area (Å²) in [6.45, 7) is 6.62. The van der Waals surface area contributed by atoms with Crippen LogP contribution in [0.4, 0.5) is 0 Å². The first-order chi connectivity index (χ1) is 7.22. The van der Waals surface area contributed by atoms with Crippen molar-refractivity contribution in [3.05, 3.63) is 11.6 Å². The van der Waals surface area contributed by atoms with E-state index in [-0.39, 0.29) is 0 Å². The van der Waals surface area contributed by atoms with Crippen LogP contribution < -0.4 is 0 Å². The Morgan fingerprint density at radius 2 is 2.20 bits per heavy atom. The molecule has 4 nitrogen and oxygen atoms in total. The van der Waals surface area contributed by atoms with Crippen LogP contribution >= 0.6 is 0 Å². The lowest BCUT2D eigenvalue weighted by Gasteiger charge is -2.31. The molecule has 1 atom stereocenters. The highest BCUT2D eigenvalue weighted by molar-refractivity contribution is 6.29. The lowest BCUT2D eigenvalue weighted by molar-refractivity contribution is 0.314. The standard InChI is InChI=1S/C10H19BN4/c1-8-12-13-10(14(8)3)9-5-4-6-15(7-9)11-2/h9,11H,4-7H2,1-3H3. The van der Waals surface area contributed by atoms with Gasteiger partial charge in [-0.2, -0.15) is 0 Å². The van der Waals surface area contributed by atoms with Crippen molar-refractivity contribution in [3.8, 4) is 0 Å². The first-order valence-corrected chi connectivity index (χ1v) is 5.80. The van der Waals surface area contributed by atoms with Gasteiger partial charge in [-0.05, 0) is 32.9 Å². The van der Waals surface area contributed by atoms with Gasteiger partial charge in [0.25, 0.3) is 0 Å². The second-order valence-electron chi connectivity index (χ2n) is 4.40. The molecule has 2 rings (SSSR count). The Morgan fingerprint density at radius 3 is 2.80 bits per heavy atom. The molecule has 0 spiro atoms. The third-order valence-corrected chi connectivity index (χ3v) is 3.44. The summed E-state index contributed by atoms with van der Waals surface area (Å²) in [5, 5.41) is 8.43. The maximum absolute atomic E-state index is 4.29. The van der Waals surface area contributed by atoms with Gasteiger partial charge in [0.2, 0.25) is 7.41 Å². The van der Waals surface area contributed by atoms with Crippen LogP contribution in [0.5, 0.6) is 0 Å². The number of aryl methyl sites for hydroxylation is 1. The zero-order valence-corrected chi connectivity index (χ0v) is 9.90. The van der Waals surface area contributed by atoms with Gasteiger partial charge in [0.15, 0.2) is 0 Å². The average Bonchev–Trinajstić information content (AvgIpc) is 2.60. The van der Waals surface area contributed by atoms with Crippen molar-refractivity contribution < 1.29 is 0 Å². The topological polar surface area (TPSA) is 34.0 Å². The number of hydrogen-bond acceptors (Lipinski definition) is 3. The Labute approximate surface area is 91.9 Å². The van der Waals surface area contributed by atoms with E-state index in [9.17, 15) is 0 Å². The van der Waals surface area contributed by atoms with Crippen molar-refractivity contribution in [1.82, 2.24) is 19.6 Å². The zero-order chi connectivity index (χ0) is 10.8. The molecule has 1 aliphatic heterocycles. The Balaban J connectivity index is 2.13. The molecule has 1 unspecified atom stereocenters. The predicted octanol–water partition coefficient (Wildman–Crippen LogP) is 0.703. The zero-order valence-electron chi connectivity index (χ0n) is 9.90. The molecule has 1 fully saturated rings. The van der Waals surface area contributed by atoms with Crippen LogP contribution in [0.1, 0.15) is 30.4 Å². The summed E-state index contributed by atoms with van der Waals surface area (Å²) in [7, 11) is 3.21. The highest BCUT2D eigenvalue weighted by Gasteiger charge is 2.24. The Kier molecular flexibility index (Phi) is 3.10. The molecule has 0 bridgehead atoms. The minimum Gasteiger partial charge on any atom is -0.345 e. The molecular weight excluding hydrogens is 187 g/mol. The molecule has 0 aromatic carbocycles. The summed E-state index contributed by atoms with van der Waals surface area (Å²) in [6.07, 6.45) is 2.53. The van der Waals surface area contributed by atoms with Crippen LogP contribution in [0.15, 0.2) is 0 Å². The molecule has 1 aliphatic rings. The average molecular weight is 206 g/mol. The Bertz CT molecular complexity index is 336. The first kappa shape index (κ1) is 10.7. The summed E-state index contributed by atoms with van der Waals surface area (Å²) in [6, 6.07) is 0. The molecule has 5 heteroatoms. The molecule has 2 heterocycles. The molecule has 0 saturated carbocycles. The second-order valence-corrected chi connectivity index (χ2v) is 4.40. The Morgan fingerprint density at radius 1 is 1.40 bits per heavy atom. The SMILES string of the molecule is CBN1CCCC(c2nnc(C)n2C)C1. The second kappa shape index (κ2) is 4.35. The quantitative estimate of drug-likeness (QED) is 0.668. The minimum atomic E-state index is 0.574. The first-order valence-electron chi connectivity index (χ1n) is 5.80. The van der Waals surface area contributed by atoms with Gasteiger partial charge in [-0.25, -0.2) is 0 Å². The summed E-state index contributed by atoms with van der Waals surface area (Å²) < 4.78 is 2.13. The number of nitrogens with zero attached hydrogens (tertiary/aromatic N) is 4. The maximum Gasteiger partial charge on any atom is 0.201 e. The van der Waals surface area contributed by atoms with Gasteiger partial charge in [-0.1, -0.05) is 6.82 Å². The van der Waals surface area contributed by atoms with E-state index in [1.165, 1.54) is 19.4 Å². The molecule has 82 valence electrons. The molecular formula is C10H19BN4. The van der Waals surface area contributed by atoms with Gasteiger partial charge in [0.1, 0.15) is 11.6 Å².